The van der Waals surface area contributed by atoms with E-state index < -0.39 is 18.5 Å². The number of para-hydroxylation sites is 1. The van der Waals surface area contributed by atoms with Crippen LogP contribution in [0.25, 0.3) is 5.69 Å². The van der Waals surface area contributed by atoms with E-state index in [1.807, 2.05) is 36.4 Å². The van der Waals surface area contributed by atoms with Crippen molar-refractivity contribution >= 4 is 17.7 Å². The standard InChI is InChI=1S/C16H17N3O4/c20-15(9-23-10-16(21)22)17-14-8-13(11-6-7-11)18-19(14)12-4-2-1-3-5-12/h1-5,8,11H,6-7,9-10H2,(H,17,20)(H,21,22). The van der Waals surface area contributed by atoms with Gasteiger partial charge < -0.3 is 15.2 Å². The predicted molar refractivity (Wildman–Crippen MR) is 82.6 cm³/mol. The topological polar surface area (TPSA) is 93.4 Å². The first-order valence-corrected chi connectivity index (χ1v) is 7.38. The van der Waals surface area contributed by atoms with E-state index in [-0.39, 0.29) is 6.61 Å². The third kappa shape index (κ3) is 3.95. The Morgan fingerprint density at radius 1 is 1.26 bits per heavy atom. The average Bonchev–Trinajstić information content (AvgIpc) is 3.29. The maximum Gasteiger partial charge on any atom is 0.329 e. The van der Waals surface area contributed by atoms with E-state index >= 15 is 0 Å². The molecular weight excluding hydrogens is 298 g/mol. The van der Waals surface area contributed by atoms with Gasteiger partial charge in [0.1, 0.15) is 19.0 Å². The number of benzene rings is 1. The molecule has 1 aromatic carbocycles. The summed E-state index contributed by atoms with van der Waals surface area (Å²) in [5.74, 6) is -0.505. The van der Waals surface area contributed by atoms with Crippen molar-refractivity contribution in [2.45, 2.75) is 18.8 Å². The van der Waals surface area contributed by atoms with E-state index in [1.165, 1.54) is 0 Å². The smallest absolute Gasteiger partial charge is 0.329 e. The molecule has 2 N–H and O–H groups in total. The molecule has 120 valence electrons. The third-order valence-corrected chi connectivity index (χ3v) is 3.45. The highest BCUT2D eigenvalue weighted by Gasteiger charge is 2.28. The molecule has 1 heterocycles. The van der Waals surface area contributed by atoms with Gasteiger partial charge in [-0.1, -0.05) is 18.2 Å². The summed E-state index contributed by atoms with van der Waals surface area (Å²) in [6.45, 7) is -0.816. The number of hydrogen-bond donors (Lipinski definition) is 2. The molecule has 1 aliphatic rings. The highest BCUT2D eigenvalue weighted by atomic mass is 16.5. The van der Waals surface area contributed by atoms with Crippen LogP contribution >= 0.6 is 0 Å². The number of anilines is 1. The molecule has 0 unspecified atom stereocenters. The number of amides is 1. The summed E-state index contributed by atoms with van der Waals surface area (Å²) >= 11 is 0. The van der Waals surface area contributed by atoms with Gasteiger partial charge >= 0.3 is 5.97 Å². The average molecular weight is 315 g/mol. The van der Waals surface area contributed by atoms with Gasteiger partial charge in [0.05, 0.1) is 11.4 Å². The molecule has 0 spiro atoms. The zero-order valence-corrected chi connectivity index (χ0v) is 12.4. The van der Waals surface area contributed by atoms with Gasteiger partial charge in [-0.25, -0.2) is 9.48 Å². The van der Waals surface area contributed by atoms with Crippen LogP contribution in [-0.4, -0.2) is 40.0 Å². The molecule has 1 fully saturated rings. The van der Waals surface area contributed by atoms with Gasteiger partial charge in [-0.3, -0.25) is 4.79 Å². The molecule has 2 aromatic rings. The number of carbonyl (C=O) groups is 2. The van der Waals surface area contributed by atoms with E-state index in [2.05, 4.69) is 10.4 Å². The molecule has 1 amide bonds. The number of carboxylic acids is 1. The molecule has 3 rings (SSSR count). The molecule has 0 bridgehead atoms. The van der Waals surface area contributed by atoms with Crippen molar-refractivity contribution in [1.29, 1.82) is 0 Å². The second kappa shape index (κ2) is 6.62. The van der Waals surface area contributed by atoms with Crippen molar-refractivity contribution in [2.75, 3.05) is 18.5 Å². The predicted octanol–water partition coefficient (Wildman–Crippen LogP) is 1.79. The summed E-state index contributed by atoms with van der Waals surface area (Å²) in [4.78, 5) is 22.3. The van der Waals surface area contributed by atoms with Crippen LogP contribution in [-0.2, 0) is 14.3 Å². The normalized spacial score (nSPS) is 13.7. The number of aromatic nitrogens is 2. The number of nitrogens with zero attached hydrogens (tertiary/aromatic N) is 2. The summed E-state index contributed by atoms with van der Waals surface area (Å²) in [6, 6.07) is 11.4. The molecule has 0 saturated heterocycles. The first-order valence-electron chi connectivity index (χ1n) is 7.38. The third-order valence-electron chi connectivity index (χ3n) is 3.45. The number of carboxylic acid groups (broad SMARTS) is 1. The molecule has 23 heavy (non-hydrogen) atoms. The lowest BCUT2D eigenvalue weighted by Gasteiger charge is -2.08. The Bertz CT molecular complexity index is 707. The van der Waals surface area contributed by atoms with Gasteiger partial charge in [0, 0.05) is 12.0 Å². The summed E-state index contributed by atoms with van der Waals surface area (Å²) in [7, 11) is 0. The summed E-state index contributed by atoms with van der Waals surface area (Å²) < 4.78 is 6.48. The fraction of sp³-hybridized carbons (Fsp3) is 0.312. The minimum atomic E-state index is -1.11. The Morgan fingerprint density at radius 3 is 2.65 bits per heavy atom. The maximum atomic E-state index is 11.9. The number of nitrogens with one attached hydrogen (secondary N) is 1. The van der Waals surface area contributed by atoms with Gasteiger partial charge in [0.25, 0.3) is 5.91 Å². The van der Waals surface area contributed by atoms with Gasteiger partial charge in [-0.05, 0) is 25.0 Å². The fourth-order valence-corrected chi connectivity index (χ4v) is 2.24. The largest absolute Gasteiger partial charge is 0.480 e. The highest BCUT2D eigenvalue weighted by molar-refractivity contribution is 5.91. The first kappa shape index (κ1) is 15.2. The van der Waals surface area contributed by atoms with Crippen molar-refractivity contribution in [1.82, 2.24) is 9.78 Å². The maximum absolute atomic E-state index is 11.9. The minimum absolute atomic E-state index is 0.314. The zero-order valence-electron chi connectivity index (χ0n) is 12.4. The Labute approximate surface area is 132 Å². The lowest BCUT2D eigenvalue weighted by Crippen LogP contribution is -2.22. The van der Waals surface area contributed by atoms with Crippen LogP contribution in [0.4, 0.5) is 5.82 Å². The van der Waals surface area contributed by atoms with Gasteiger partial charge in [-0.15, -0.1) is 0 Å². The highest BCUT2D eigenvalue weighted by Crippen LogP contribution is 2.40. The van der Waals surface area contributed by atoms with E-state index in [0.29, 0.717) is 11.7 Å². The molecule has 1 saturated carbocycles. The van der Waals surface area contributed by atoms with Crippen molar-refractivity contribution in [3.8, 4) is 5.69 Å². The number of rotatable bonds is 7. The van der Waals surface area contributed by atoms with E-state index in [1.54, 1.807) is 4.68 Å². The van der Waals surface area contributed by atoms with E-state index in [9.17, 15) is 9.59 Å². The van der Waals surface area contributed by atoms with Gasteiger partial charge in [-0.2, -0.15) is 5.10 Å². The zero-order chi connectivity index (χ0) is 16.2. The molecule has 1 aromatic heterocycles. The Hall–Kier alpha value is -2.67. The van der Waals surface area contributed by atoms with Crippen molar-refractivity contribution in [3.05, 3.63) is 42.1 Å². The summed E-state index contributed by atoms with van der Waals surface area (Å²) in [5, 5.41) is 15.8. The number of carbonyl (C=O) groups excluding carboxylic acids is 1. The second-order valence-corrected chi connectivity index (χ2v) is 5.41. The number of hydrogen-bond acceptors (Lipinski definition) is 4. The number of ether oxygens (including phenoxy) is 1. The van der Waals surface area contributed by atoms with E-state index in [4.69, 9.17) is 9.84 Å². The first-order chi connectivity index (χ1) is 11.1. The van der Waals surface area contributed by atoms with Crippen LogP contribution in [0, 0.1) is 0 Å². The molecule has 0 aliphatic heterocycles. The second-order valence-electron chi connectivity index (χ2n) is 5.41. The summed E-state index contributed by atoms with van der Waals surface area (Å²) in [5.41, 5.74) is 1.80. The van der Waals surface area contributed by atoms with Crippen LogP contribution < -0.4 is 5.32 Å². The molecule has 0 radical (unpaired) electrons. The van der Waals surface area contributed by atoms with Gasteiger partial charge in [0.2, 0.25) is 0 Å². The van der Waals surface area contributed by atoms with Crippen LogP contribution in [0.15, 0.2) is 36.4 Å². The van der Waals surface area contributed by atoms with Crippen molar-refractivity contribution in [3.63, 3.8) is 0 Å². The Balaban J connectivity index is 1.75. The molecule has 1 aliphatic carbocycles. The molecule has 7 heteroatoms. The quantitative estimate of drug-likeness (QED) is 0.812. The molecule has 7 nitrogen and oxygen atoms in total. The van der Waals surface area contributed by atoms with E-state index in [0.717, 1.165) is 24.2 Å². The minimum Gasteiger partial charge on any atom is -0.480 e. The molecule has 0 atom stereocenters. The SMILES string of the molecule is O=C(O)COCC(=O)Nc1cc(C2CC2)nn1-c1ccccc1. The fourth-order valence-electron chi connectivity index (χ4n) is 2.24. The monoisotopic (exact) mass is 315 g/mol. The Morgan fingerprint density at radius 2 is 2.00 bits per heavy atom. The van der Waals surface area contributed by atoms with Gasteiger partial charge in [0.15, 0.2) is 0 Å². The van der Waals surface area contributed by atoms with Crippen LogP contribution in [0.2, 0.25) is 0 Å². The summed E-state index contributed by atoms with van der Waals surface area (Å²) in [6.07, 6.45) is 2.22. The van der Waals surface area contributed by atoms with Crippen LogP contribution in [0.1, 0.15) is 24.5 Å². The van der Waals surface area contributed by atoms with Crippen molar-refractivity contribution < 1.29 is 19.4 Å². The lowest BCUT2D eigenvalue weighted by molar-refractivity contribution is -0.143. The Kier molecular flexibility index (Phi) is 4.38. The lowest BCUT2D eigenvalue weighted by atomic mass is 10.3. The van der Waals surface area contributed by atoms with Crippen LogP contribution in [0.5, 0.6) is 0 Å². The molecular formula is C16H17N3O4. The van der Waals surface area contributed by atoms with Crippen molar-refractivity contribution in [2.24, 2.45) is 0 Å². The van der Waals surface area contributed by atoms with Crippen LogP contribution in [0.3, 0.4) is 0 Å². The number of aliphatic carboxylic acids is 1.